The third kappa shape index (κ3) is 1.11. The van der Waals surface area contributed by atoms with Gasteiger partial charge in [-0.25, -0.2) is 4.79 Å². The van der Waals surface area contributed by atoms with Gasteiger partial charge in [-0.3, -0.25) is 4.98 Å². The summed E-state index contributed by atoms with van der Waals surface area (Å²) in [6, 6.07) is 0. The van der Waals surface area contributed by atoms with Crippen LogP contribution in [-0.2, 0) is 17.8 Å². The number of carbonyl (C=O) groups excluding carboxylic acids is 1. The predicted octanol–water partition coefficient (Wildman–Crippen LogP) is 1.62. The van der Waals surface area contributed by atoms with E-state index in [0.29, 0.717) is 6.61 Å². The minimum absolute atomic E-state index is 0.197. The van der Waals surface area contributed by atoms with E-state index in [1.54, 1.807) is 6.20 Å². The maximum Gasteiger partial charge on any atom is 0.339 e. The Morgan fingerprint density at radius 3 is 3.08 bits per heavy atom. The normalized spacial score (nSPS) is 14.2. The fourth-order valence-corrected chi connectivity index (χ4v) is 1.60. The number of pyridine rings is 1. The first kappa shape index (κ1) is 8.23. The molecule has 0 spiro atoms. The van der Waals surface area contributed by atoms with Gasteiger partial charge >= 0.3 is 5.97 Å². The van der Waals surface area contributed by atoms with Gasteiger partial charge in [-0.1, -0.05) is 6.92 Å². The van der Waals surface area contributed by atoms with Crippen LogP contribution in [0.5, 0.6) is 0 Å². The first-order chi connectivity index (χ1) is 6.24. The Hall–Kier alpha value is -1.38. The second-order valence-corrected chi connectivity index (χ2v) is 3.15. The Balaban J connectivity index is 2.66. The second-order valence-electron chi connectivity index (χ2n) is 3.15. The van der Waals surface area contributed by atoms with Crippen molar-refractivity contribution in [3.63, 3.8) is 0 Å². The van der Waals surface area contributed by atoms with Crippen LogP contribution in [0.3, 0.4) is 0 Å². The molecule has 2 rings (SSSR count). The minimum atomic E-state index is -0.197. The summed E-state index contributed by atoms with van der Waals surface area (Å²) in [5.41, 5.74) is 3.60. The zero-order chi connectivity index (χ0) is 9.42. The van der Waals surface area contributed by atoms with Crippen molar-refractivity contribution in [2.75, 3.05) is 0 Å². The number of cyclic esters (lactones) is 1. The number of ether oxygens (including phenoxy) is 1. The molecule has 1 aromatic rings. The number of rotatable bonds is 1. The predicted molar refractivity (Wildman–Crippen MR) is 47.5 cm³/mol. The van der Waals surface area contributed by atoms with E-state index in [-0.39, 0.29) is 5.97 Å². The van der Waals surface area contributed by atoms with Gasteiger partial charge in [-0.2, -0.15) is 0 Å². The van der Waals surface area contributed by atoms with E-state index in [2.05, 4.69) is 4.98 Å². The van der Waals surface area contributed by atoms with Gasteiger partial charge in [-0.05, 0) is 18.9 Å². The topological polar surface area (TPSA) is 39.2 Å². The molecule has 1 aromatic heterocycles. The Bertz CT molecular complexity index is 371. The van der Waals surface area contributed by atoms with Crippen molar-refractivity contribution in [2.45, 2.75) is 26.9 Å². The molecule has 0 N–H and O–H groups in total. The number of fused-ring (bicyclic) bond motifs is 1. The molecule has 1 aliphatic rings. The number of nitrogens with zero attached hydrogens (tertiary/aromatic N) is 1. The molecule has 0 aliphatic carbocycles. The lowest BCUT2D eigenvalue weighted by Gasteiger charge is -2.03. The summed E-state index contributed by atoms with van der Waals surface area (Å²) in [4.78, 5) is 15.6. The largest absolute Gasteiger partial charge is 0.457 e. The fraction of sp³-hybridized carbons (Fsp3) is 0.400. The van der Waals surface area contributed by atoms with Crippen LogP contribution in [-0.4, -0.2) is 11.0 Å². The molecule has 13 heavy (non-hydrogen) atoms. The Kier molecular flexibility index (Phi) is 1.79. The zero-order valence-electron chi connectivity index (χ0n) is 7.76. The molecular weight excluding hydrogens is 166 g/mol. The van der Waals surface area contributed by atoms with Gasteiger partial charge in [0.25, 0.3) is 0 Å². The molecule has 3 heteroatoms. The first-order valence-electron chi connectivity index (χ1n) is 4.38. The third-order valence-corrected chi connectivity index (χ3v) is 2.41. The van der Waals surface area contributed by atoms with Crippen LogP contribution in [0.2, 0.25) is 0 Å². The highest BCUT2D eigenvalue weighted by molar-refractivity contribution is 5.95. The van der Waals surface area contributed by atoms with Crippen molar-refractivity contribution in [3.05, 3.63) is 28.6 Å². The second kappa shape index (κ2) is 2.83. The molecule has 0 saturated heterocycles. The van der Waals surface area contributed by atoms with Gasteiger partial charge in [0.1, 0.15) is 6.61 Å². The number of carbonyl (C=O) groups is 1. The molecule has 0 fully saturated rings. The summed E-state index contributed by atoms with van der Waals surface area (Å²) >= 11 is 0. The van der Waals surface area contributed by atoms with Crippen LogP contribution in [0.25, 0.3) is 0 Å². The van der Waals surface area contributed by atoms with E-state index in [1.807, 2.05) is 13.8 Å². The number of hydrogen-bond acceptors (Lipinski definition) is 3. The summed E-state index contributed by atoms with van der Waals surface area (Å²) in [6.45, 7) is 4.30. The highest BCUT2D eigenvalue weighted by Crippen LogP contribution is 2.25. The van der Waals surface area contributed by atoms with E-state index in [1.165, 1.54) is 0 Å². The monoisotopic (exact) mass is 177 g/mol. The zero-order valence-corrected chi connectivity index (χ0v) is 7.76. The average molecular weight is 177 g/mol. The SMILES string of the molecule is CCc1cnc(C)c2c1C(=O)OC2. The van der Waals surface area contributed by atoms with Crippen LogP contribution in [0, 0.1) is 6.92 Å². The van der Waals surface area contributed by atoms with Crippen LogP contribution >= 0.6 is 0 Å². The summed E-state index contributed by atoms with van der Waals surface area (Å²) in [7, 11) is 0. The molecule has 0 bridgehead atoms. The van der Waals surface area contributed by atoms with E-state index < -0.39 is 0 Å². The number of aromatic nitrogens is 1. The van der Waals surface area contributed by atoms with Crippen molar-refractivity contribution >= 4 is 5.97 Å². The molecule has 0 saturated carbocycles. The molecule has 3 nitrogen and oxygen atoms in total. The van der Waals surface area contributed by atoms with Crippen molar-refractivity contribution in [2.24, 2.45) is 0 Å². The average Bonchev–Trinajstić information content (AvgIpc) is 2.51. The quantitative estimate of drug-likeness (QED) is 0.612. The Labute approximate surface area is 76.7 Å². The van der Waals surface area contributed by atoms with Gasteiger partial charge in [0, 0.05) is 17.5 Å². The number of aryl methyl sites for hydroxylation is 2. The molecule has 0 aromatic carbocycles. The third-order valence-electron chi connectivity index (χ3n) is 2.41. The first-order valence-corrected chi connectivity index (χ1v) is 4.38. The van der Waals surface area contributed by atoms with Gasteiger partial charge in [0.15, 0.2) is 0 Å². The summed E-state index contributed by atoms with van der Waals surface area (Å²) < 4.78 is 4.97. The molecule has 68 valence electrons. The van der Waals surface area contributed by atoms with Crippen LogP contribution < -0.4 is 0 Å². The van der Waals surface area contributed by atoms with Gasteiger partial charge < -0.3 is 4.74 Å². The highest BCUT2D eigenvalue weighted by atomic mass is 16.5. The molecule has 0 unspecified atom stereocenters. The van der Waals surface area contributed by atoms with E-state index >= 15 is 0 Å². The minimum Gasteiger partial charge on any atom is -0.457 e. The summed E-state index contributed by atoms with van der Waals surface area (Å²) in [5.74, 6) is -0.197. The van der Waals surface area contributed by atoms with Crippen molar-refractivity contribution < 1.29 is 9.53 Å². The van der Waals surface area contributed by atoms with Crippen molar-refractivity contribution in [1.29, 1.82) is 0 Å². The standard InChI is InChI=1S/C10H11NO2/c1-3-7-4-11-6(2)8-5-13-10(12)9(7)8/h4H,3,5H2,1-2H3. The highest BCUT2D eigenvalue weighted by Gasteiger charge is 2.26. The smallest absolute Gasteiger partial charge is 0.339 e. The summed E-state index contributed by atoms with van der Waals surface area (Å²) in [5, 5.41) is 0. The van der Waals surface area contributed by atoms with Gasteiger partial charge in [0.2, 0.25) is 0 Å². The number of hydrogen-bond donors (Lipinski definition) is 0. The van der Waals surface area contributed by atoms with Crippen LogP contribution in [0.4, 0.5) is 0 Å². The lowest BCUT2D eigenvalue weighted by molar-refractivity contribution is 0.0534. The summed E-state index contributed by atoms with van der Waals surface area (Å²) in [6.07, 6.45) is 2.59. The fourth-order valence-electron chi connectivity index (χ4n) is 1.60. The number of esters is 1. The molecular formula is C10H11NO2. The molecule has 1 aliphatic heterocycles. The van der Waals surface area contributed by atoms with Gasteiger partial charge in [-0.15, -0.1) is 0 Å². The maximum atomic E-state index is 11.3. The van der Waals surface area contributed by atoms with E-state index in [4.69, 9.17) is 4.74 Å². The molecule has 0 radical (unpaired) electrons. The molecule has 0 atom stereocenters. The van der Waals surface area contributed by atoms with Gasteiger partial charge in [0.05, 0.1) is 5.56 Å². The lowest BCUT2D eigenvalue weighted by atomic mass is 10.0. The maximum absolute atomic E-state index is 11.3. The Morgan fingerprint density at radius 2 is 2.38 bits per heavy atom. The molecule has 0 amide bonds. The van der Waals surface area contributed by atoms with Crippen LogP contribution in [0.1, 0.15) is 34.1 Å². The van der Waals surface area contributed by atoms with E-state index in [0.717, 1.165) is 28.8 Å². The van der Waals surface area contributed by atoms with Crippen molar-refractivity contribution in [3.8, 4) is 0 Å². The molecule has 2 heterocycles. The van der Waals surface area contributed by atoms with E-state index in [9.17, 15) is 4.79 Å². The van der Waals surface area contributed by atoms with Crippen molar-refractivity contribution in [1.82, 2.24) is 4.98 Å². The Morgan fingerprint density at radius 1 is 1.62 bits per heavy atom. The van der Waals surface area contributed by atoms with Crippen LogP contribution in [0.15, 0.2) is 6.20 Å². The lowest BCUT2D eigenvalue weighted by Crippen LogP contribution is -2.02.